The number of rotatable bonds is 5. The Labute approximate surface area is 150 Å². The molecule has 0 amide bonds. The highest BCUT2D eigenvalue weighted by molar-refractivity contribution is 5.83. The molecule has 1 saturated heterocycles. The average Bonchev–Trinajstić information content (AvgIpc) is 2.94. The van der Waals surface area contributed by atoms with E-state index in [4.69, 9.17) is 5.84 Å². The van der Waals surface area contributed by atoms with Crippen molar-refractivity contribution in [1.29, 1.82) is 0 Å². The number of nitrogens with two attached hydrogens (primary N) is 1. The van der Waals surface area contributed by atoms with Crippen molar-refractivity contribution in [2.24, 2.45) is 11.0 Å². The van der Waals surface area contributed by atoms with E-state index in [1.54, 1.807) is 13.0 Å². The number of nitrogens with one attached hydrogen (secondary N) is 1. The zero-order valence-electron chi connectivity index (χ0n) is 14.8. The maximum atomic E-state index is 11.5. The summed E-state index contributed by atoms with van der Waals surface area (Å²) in [6.07, 6.45) is 3.58. The van der Waals surface area contributed by atoms with Crippen LogP contribution >= 0.6 is 0 Å². The lowest BCUT2D eigenvalue weighted by atomic mass is 9.98. The highest BCUT2D eigenvalue weighted by atomic mass is 16.6. The van der Waals surface area contributed by atoms with Crippen LogP contribution in [0.4, 0.5) is 17.3 Å². The molecule has 0 bridgehead atoms. The molecule has 2 aromatic rings. The summed E-state index contributed by atoms with van der Waals surface area (Å²) in [5.41, 5.74) is 4.02. The Morgan fingerprint density at radius 2 is 2.12 bits per heavy atom. The Morgan fingerprint density at radius 1 is 1.38 bits per heavy atom. The topological polar surface area (TPSA) is 128 Å². The molecule has 1 aliphatic heterocycles. The fourth-order valence-electron chi connectivity index (χ4n) is 2.89. The van der Waals surface area contributed by atoms with Crippen molar-refractivity contribution in [2.75, 3.05) is 29.3 Å². The lowest BCUT2D eigenvalue weighted by Crippen LogP contribution is -2.33. The van der Waals surface area contributed by atoms with Gasteiger partial charge in [0.2, 0.25) is 0 Å². The molecule has 10 heteroatoms. The molecule has 10 nitrogen and oxygen atoms in total. The summed E-state index contributed by atoms with van der Waals surface area (Å²) >= 11 is 0. The first-order valence-electron chi connectivity index (χ1n) is 8.45. The van der Waals surface area contributed by atoms with Crippen molar-refractivity contribution < 1.29 is 4.92 Å². The molecule has 2 heterocycles. The minimum atomic E-state index is -0.349. The minimum Gasteiger partial charge on any atom is -0.366 e. The van der Waals surface area contributed by atoms with Gasteiger partial charge in [0.25, 0.3) is 11.6 Å². The van der Waals surface area contributed by atoms with Crippen LogP contribution < -0.4 is 16.2 Å². The Balaban J connectivity index is 1.76. The van der Waals surface area contributed by atoms with Crippen molar-refractivity contribution >= 4 is 23.5 Å². The number of hydrogen-bond donors (Lipinski definition) is 2. The molecular weight excluding hydrogens is 336 g/mol. The molecule has 1 aromatic heterocycles. The predicted octanol–water partition coefficient (Wildman–Crippen LogP) is 1.89. The third kappa shape index (κ3) is 3.73. The maximum Gasteiger partial charge on any atom is 0.293 e. The van der Waals surface area contributed by atoms with Crippen LogP contribution in [-0.2, 0) is 0 Å². The Kier molecular flexibility index (Phi) is 5.01. The molecule has 0 saturated carbocycles. The number of benzene rings is 1. The summed E-state index contributed by atoms with van der Waals surface area (Å²) in [5.74, 6) is 7.21. The largest absolute Gasteiger partial charge is 0.366 e. The molecule has 1 aromatic carbocycles. The van der Waals surface area contributed by atoms with Crippen molar-refractivity contribution in [2.45, 2.75) is 26.7 Å². The first kappa shape index (κ1) is 17.6. The highest BCUT2D eigenvalue weighted by Crippen LogP contribution is 2.32. The first-order chi connectivity index (χ1) is 12.5. The van der Waals surface area contributed by atoms with Crippen LogP contribution in [0.3, 0.4) is 0 Å². The van der Waals surface area contributed by atoms with Gasteiger partial charge in [0, 0.05) is 24.7 Å². The maximum absolute atomic E-state index is 11.5. The highest BCUT2D eigenvalue weighted by Gasteiger charge is 2.23. The molecule has 0 aliphatic carbocycles. The normalized spacial score (nSPS) is 15.5. The quantitative estimate of drug-likeness (QED) is 0.361. The van der Waals surface area contributed by atoms with Crippen LogP contribution in [-0.4, -0.2) is 39.1 Å². The number of nitro benzene ring substituents is 1. The number of nitro groups is 1. The second-order valence-electron chi connectivity index (χ2n) is 6.49. The molecule has 0 spiro atoms. The van der Waals surface area contributed by atoms with Gasteiger partial charge in [-0.25, -0.2) is 10.1 Å². The number of hydrogen-bond acceptors (Lipinski definition) is 8. The number of aromatic nitrogens is 3. The smallest absolute Gasteiger partial charge is 0.293 e. The lowest BCUT2D eigenvalue weighted by molar-refractivity contribution is -0.384. The second-order valence-corrected chi connectivity index (χ2v) is 6.49. The van der Waals surface area contributed by atoms with Crippen LogP contribution in [0.15, 0.2) is 23.3 Å². The van der Waals surface area contributed by atoms with Crippen molar-refractivity contribution in [1.82, 2.24) is 14.9 Å². The monoisotopic (exact) mass is 358 g/mol. The van der Waals surface area contributed by atoms with Gasteiger partial charge in [-0.15, -0.1) is 10.2 Å². The molecular formula is C16H22N8O2. The van der Waals surface area contributed by atoms with Crippen molar-refractivity contribution in [3.8, 4) is 0 Å². The van der Waals surface area contributed by atoms with E-state index in [-0.39, 0.29) is 16.6 Å². The first-order valence-corrected chi connectivity index (χ1v) is 8.45. The molecule has 1 aliphatic rings. The van der Waals surface area contributed by atoms with Gasteiger partial charge in [-0.3, -0.25) is 10.1 Å². The van der Waals surface area contributed by atoms with Crippen molar-refractivity contribution in [3.05, 3.63) is 39.7 Å². The molecule has 0 unspecified atom stereocenters. The lowest BCUT2D eigenvalue weighted by Gasteiger charge is -2.31. The number of nitrogens with zero attached hydrogens (tertiary/aromatic N) is 6. The second kappa shape index (κ2) is 7.38. The number of piperidine rings is 1. The van der Waals surface area contributed by atoms with Crippen LogP contribution in [0, 0.1) is 23.0 Å². The van der Waals surface area contributed by atoms with E-state index in [9.17, 15) is 10.1 Å². The van der Waals surface area contributed by atoms with E-state index in [1.165, 1.54) is 17.0 Å². The summed E-state index contributed by atoms with van der Waals surface area (Å²) in [7, 11) is 0. The predicted molar refractivity (Wildman–Crippen MR) is 99.8 cm³/mol. The van der Waals surface area contributed by atoms with Gasteiger partial charge in [-0.2, -0.15) is 5.10 Å². The molecule has 0 radical (unpaired) electrons. The summed E-state index contributed by atoms with van der Waals surface area (Å²) < 4.78 is 1.26. The fraction of sp³-hybridized carbons (Fsp3) is 0.438. The third-order valence-electron chi connectivity index (χ3n) is 4.56. The van der Waals surface area contributed by atoms with Gasteiger partial charge in [-0.1, -0.05) is 13.0 Å². The summed E-state index contributed by atoms with van der Waals surface area (Å²) in [5, 5.41) is 23.2. The Hall–Kier alpha value is -3.17. The van der Waals surface area contributed by atoms with Crippen LogP contribution in [0.5, 0.6) is 0 Å². The Morgan fingerprint density at radius 3 is 2.73 bits per heavy atom. The SMILES string of the molecule is Cc1nnc(N/N=C/c2ccc(N3CCC(C)CC3)c([N+](=O)[O-])c2)n1N. The van der Waals surface area contributed by atoms with Gasteiger partial charge >= 0.3 is 0 Å². The molecule has 3 rings (SSSR count). The van der Waals surface area contributed by atoms with E-state index < -0.39 is 0 Å². The van der Waals surface area contributed by atoms with E-state index in [0.717, 1.165) is 25.9 Å². The summed E-state index contributed by atoms with van der Waals surface area (Å²) in [4.78, 5) is 13.2. The average molecular weight is 358 g/mol. The van der Waals surface area contributed by atoms with Gasteiger partial charge in [0.15, 0.2) is 5.82 Å². The third-order valence-corrected chi connectivity index (χ3v) is 4.56. The summed E-state index contributed by atoms with van der Waals surface area (Å²) in [6.45, 7) is 5.60. The number of hydrazone groups is 1. The van der Waals surface area contributed by atoms with Gasteiger partial charge in [0.05, 0.1) is 11.1 Å². The molecule has 3 N–H and O–H groups in total. The number of nitrogen functional groups attached to an aromatic ring is 1. The molecule has 138 valence electrons. The van der Waals surface area contributed by atoms with Gasteiger partial charge < -0.3 is 10.7 Å². The van der Waals surface area contributed by atoms with Crippen molar-refractivity contribution in [3.63, 3.8) is 0 Å². The van der Waals surface area contributed by atoms with E-state index in [2.05, 4.69) is 32.5 Å². The summed E-state index contributed by atoms with van der Waals surface area (Å²) in [6, 6.07) is 5.12. The Bertz CT molecular complexity index is 824. The number of aryl methyl sites for hydroxylation is 1. The zero-order valence-corrected chi connectivity index (χ0v) is 14.8. The fourth-order valence-corrected chi connectivity index (χ4v) is 2.89. The van der Waals surface area contributed by atoms with E-state index >= 15 is 0 Å². The van der Waals surface area contributed by atoms with Gasteiger partial charge in [-0.05, 0) is 31.7 Å². The van der Waals surface area contributed by atoms with E-state index in [0.29, 0.717) is 23.0 Å². The van der Waals surface area contributed by atoms with Gasteiger partial charge in [0.1, 0.15) is 5.69 Å². The number of anilines is 2. The molecule has 26 heavy (non-hydrogen) atoms. The standard InChI is InChI=1S/C16H22N8O2/c1-11-5-7-22(8-6-11)14-4-3-13(9-15(14)24(25)26)10-18-20-16-21-19-12(2)23(16)17/h3-4,9-11H,5-8,17H2,1-2H3,(H,20,21)/b18-10+. The zero-order chi connectivity index (χ0) is 18.7. The van der Waals surface area contributed by atoms with Crippen LogP contribution in [0.25, 0.3) is 0 Å². The molecule has 1 fully saturated rings. The minimum absolute atomic E-state index is 0.0846. The van der Waals surface area contributed by atoms with Crippen LogP contribution in [0.1, 0.15) is 31.2 Å². The van der Waals surface area contributed by atoms with E-state index in [1.807, 2.05) is 6.07 Å². The molecule has 0 atom stereocenters. The van der Waals surface area contributed by atoms with Crippen LogP contribution in [0.2, 0.25) is 0 Å².